The van der Waals surface area contributed by atoms with E-state index in [1.165, 1.54) is 0 Å². The van der Waals surface area contributed by atoms with Crippen LogP contribution in [0.2, 0.25) is 0 Å². The van der Waals surface area contributed by atoms with Gasteiger partial charge in [0.1, 0.15) is 5.75 Å². The van der Waals surface area contributed by atoms with Crippen molar-refractivity contribution in [2.45, 2.75) is 0 Å². The van der Waals surface area contributed by atoms with Crippen LogP contribution >= 0.6 is 0 Å². The van der Waals surface area contributed by atoms with E-state index in [2.05, 4.69) is 15.5 Å². The number of rotatable bonds is 4. The largest absolute Gasteiger partial charge is 0.497 e. The molecule has 0 fully saturated rings. The van der Waals surface area contributed by atoms with Gasteiger partial charge >= 0.3 is 0 Å². The highest BCUT2D eigenvalue weighted by Crippen LogP contribution is 2.10. The number of hydrogen-bond acceptors (Lipinski definition) is 3. The fourth-order valence-electron chi connectivity index (χ4n) is 0.957. The van der Waals surface area contributed by atoms with E-state index in [0.29, 0.717) is 4.59 Å². The molecule has 86 valence electrons. The van der Waals surface area contributed by atoms with E-state index in [9.17, 15) is 0 Å². The van der Waals surface area contributed by atoms with E-state index in [0.717, 1.165) is 11.3 Å². The first-order valence-electron chi connectivity index (χ1n) is 4.92. The summed E-state index contributed by atoms with van der Waals surface area (Å²) >= 11 is 0. The predicted octanol–water partition coefficient (Wildman–Crippen LogP) is 2.10. The second kappa shape index (κ2) is 5.37. The van der Waals surface area contributed by atoms with E-state index < -0.39 is 0 Å². The zero-order valence-electron chi connectivity index (χ0n) is 10.1. The van der Waals surface area contributed by atoms with Gasteiger partial charge in [-0.2, -0.15) is 4.59 Å². The molecule has 1 aromatic carbocycles. The maximum atomic E-state index is 5.10. The van der Waals surface area contributed by atoms with Gasteiger partial charge in [0.25, 0.3) is 0 Å². The summed E-state index contributed by atoms with van der Waals surface area (Å²) in [5.41, 5.74) is 0.930. The monoisotopic (exact) mass is 221 g/mol. The normalized spacial score (nSPS) is 12.5. The third kappa shape index (κ3) is 4.65. The Hall–Kier alpha value is -1.75. The van der Waals surface area contributed by atoms with Gasteiger partial charge in [-0.05, 0) is 17.7 Å². The van der Waals surface area contributed by atoms with Crippen molar-refractivity contribution in [3.8, 4) is 5.75 Å². The highest BCUT2D eigenvalue weighted by Gasteiger charge is 2.01. The maximum absolute atomic E-state index is 5.10. The summed E-state index contributed by atoms with van der Waals surface area (Å²) in [4.78, 5) is 0. The lowest BCUT2D eigenvalue weighted by molar-refractivity contribution is -0.882. The molecule has 1 rings (SSSR count). The zero-order chi connectivity index (χ0) is 12.0. The fraction of sp³-hybridized carbons (Fsp3) is 0.364. The summed E-state index contributed by atoms with van der Waals surface area (Å²) in [6, 6.07) is 7.58. The minimum atomic E-state index is 0.398. The molecule has 1 aromatic rings. The summed E-state index contributed by atoms with van der Waals surface area (Å²) in [7, 11) is 7.35. The quantitative estimate of drug-likeness (QED) is 0.332. The summed E-state index contributed by atoms with van der Waals surface area (Å²) in [5.74, 6) is 0.799. The van der Waals surface area contributed by atoms with Crippen molar-refractivity contribution in [1.82, 2.24) is 0 Å². The van der Waals surface area contributed by atoms with Crippen molar-refractivity contribution < 1.29 is 9.33 Å². The number of ether oxygens (including phenoxy) is 1. The molecule has 0 aliphatic heterocycles. The Morgan fingerprint density at radius 1 is 1.25 bits per heavy atom. The number of hydrogen-bond donors (Lipinski definition) is 0. The van der Waals surface area contributed by atoms with Crippen molar-refractivity contribution in [2.75, 3.05) is 28.3 Å². The maximum Gasteiger partial charge on any atom is 0.119 e. The van der Waals surface area contributed by atoms with Gasteiger partial charge in [-0.1, -0.05) is 12.1 Å². The summed E-state index contributed by atoms with van der Waals surface area (Å²) < 4.78 is 5.49. The molecule has 0 heterocycles. The molecule has 0 aromatic heterocycles. The lowest BCUT2D eigenvalue weighted by Gasteiger charge is -2.10. The van der Waals surface area contributed by atoms with Crippen LogP contribution in [0.4, 0.5) is 0 Å². The van der Waals surface area contributed by atoms with Crippen LogP contribution < -0.4 is 4.74 Å². The average Bonchev–Trinajstić information content (AvgIpc) is 2.23. The molecule has 0 saturated heterocycles. The second-order valence-electron chi connectivity index (χ2n) is 4.14. The Kier molecular flexibility index (Phi) is 4.13. The van der Waals surface area contributed by atoms with Crippen molar-refractivity contribution in [1.29, 1.82) is 0 Å². The molecule has 0 saturated carbocycles. The fourth-order valence-corrected chi connectivity index (χ4v) is 0.957. The summed E-state index contributed by atoms with van der Waals surface area (Å²) in [6.07, 6.45) is 1.64. The van der Waals surface area contributed by atoms with Crippen LogP contribution in [0.3, 0.4) is 0 Å². The second-order valence-corrected chi connectivity index (χ2v) is 4.14. The van der Waals surface area contributed by atoms with Crippen molar-refractivity contribution in [3.05, 3.63) is 29.8 Å². The minimum absolute atomic E-state index is 0.398. The Bertz CT molecular complexity index is 393. The van der Waals surface area contributed by atoms with E-state index in [-0.39, 0.29) is 0 Å². The zero-order valence-corrected chi connectivity index (χ0v) is 10.1. The van der Waals surface area contributed by atoms with E-state index in [4.69, 9.17) is 4.74 Å². The molecule has 0 N–H and O–H groups in total. The molecule has 0 aliphatic rings. The van der Waals surface area contributed by atoms with Crippen LogP contribution in [0.15, 0.2) is 39.8 Å². The van der Waals surface area contributed by atoms with Gasteiger partial charge < -0.3 is 4.74 Å². The topological polar surface area (TPSA) is 46.3 Å². The third-order valence-corrected chi connectivity index (χ3v) is 1.66. The van der Waals surface area contributed by atoms with E-state index in [1.54, 1.807) is 13.3 Å². The molecule has 0 radical (unpaired) electrons. The molecule has 0 spiro atoms. The van der Waals surface area contributed by atoms with Crippen molar-refractivity contribution in [3.63, 3.8) is 0 Å². The molecule has 16 heavy (non-hydrogen) atoms. The van der Waals surface area contributed by atoms with Crippen LogP contribution in [0.1, 0.15) is 5.56 Å². The summed E-state index contributed by atoms with van der Waals surface area (Å²) in [5, 5.41) is 11.5. The highest BCUT2D eigenvalue weighted by molar-refractivity contribution is 5.79. The Morgan fingerprint density at radius 2 is 2.00 bits per heavy atom. The molecule has 0 atom stereocenters. The van der Waals surface area contributed by atoms with Gasteiger partial charge in [-0.25, -0.2) is 0 Å². The Labute approximate surface area is 95.6 Å². The minimum Gasteiger partial charge on any atom is -0.497 e. The van der Waals surface area contributed by atoms with Gasteiger partial charge in [0.2, 0.25) is 0 Å². The van der Waals surface area contributed by atoms with Crippen LogP contribution in [0.25, 0.3) is 0 Å². The van der Waals surface area contributed by atoms with Gasteiger partial charge in [0, 0.05) is 10.4 Å². The molecule has 0 unspecified atom stereocenters. The third-order valence-electron chi connectivity index (χ3n) is 1.66. The number of nitrogens with zero attached hydrogens (tertiary/aromatic N) is 4. The predicted molar refractivity (Wildman–Crippen MR) is 63.5 cm³/mol. The number of benzene rings is 1. The molecular formula is C11H17N4O+. The molecule has 0 aliphatic carbocycles. The van der Waals surface area contributed by atoms with Crippen molar-refractivity contribution >= 4 is 6.21 Å². The van der Waals surface area contributed by atoms with E-state index in [1.807, 2.05) is 45.4 Å². The summed E-state index contributed by atoms with van der Waals surface area (Å²) in [6.45, 7) is 0. The highest BCUT2D eigenvalue weighted by atomic mass is 16.5. The first-order valence-corrected chi connectivity index (χ1v) is 4.92. The van der Waals surface area contributed by atoms with Crippen LogP contribution in [0, 0.1) is 0 Å². The first kappa shape index (κ1) is 12.3. The average molecular weight is 221 g/mol. The van der Waals surface area contributed by atoms with E-state index >= 15 is 0 Å². The molecule has 5 heteroatoms. The number of quaternary nitrogens is 1. The van der Waals surface area contributed by atoms with Gasteiger partial charge in [0.15, 0.2) is 0 Å². The van der Waals surface area contributed by atoms with Gasteiger partial charge in [-0.3, -0.25) is 0 Å². The SMILES string of the molecule is COc1cccc(/C=N/N=N/[N+](C)(C)C)c1. The molecule has 5 nitrogen and oxygen atoms in total. The smallest absolute Gasteiger partial charge is 0.119 e. The number of methoxy groups -OCH3 is 1. The lowest BCUT2D eigenvalue weighted by atomic mass is 10.2. The Morgan fingerprint density at radius 3 is 2.62 bits per heavy atom. The molecule has 0 amide bonds. The standard InChI is InChI=1S/C11H17N4O/c1-15(2,3)14-13-12-9-10-6-5-7-11(8-10)16-4/h5-9H,1-4H3/q+1/b12-9+,14-13+. The lowest BCUT2D eigenvalue weighted by Crippen LogP contribution is -2.26. The van der Waals surface area contributed by atoms with Gasteiger partial charge in [-0.15, -0.1) is 5.10 Å². The first-order chi connectivity index (χ1) is 7.51. The van der Waals surface area contributed by atoms with Crippen LogP contribution in [0.5, 0.6) is 5.75 Å². The molecule has 0 bridgehead atoms. The van der Waals surface area contributed by atoms with Crippen molar-refractivity contribution in [2.24, 2.45) is 15.5 Å². The van der Waals surface area contributed by atoms with Crippen LogP contribution in [-0.2, 0) is 0 Å². The van der Waals surface area contributed by atoms with Gasteiger partial charge in [0.05, 0.1) is 34.5 Å². The molecular weight excluding hydrogens is 204 g/mol. The van der Waals surface area contributed by atoms with Crippen LogP contribution in [-0.4, -0.2) is 39.1 Å². The Balaban J connectivity index is 2.66.